The van der Waals surface area contributed by atoms with E-state index >= 15 is 0 Å². The molecule has 0 bridgehead atoms. The Hall–Kier alpha value is -3.77. The maximum Gasteiger partial charge on any atom is 0.276 e. The molecule has 0 saturated heterocycles. The van der Waals surface area contributed by atoms with Gasteiger partial charge in [0.1, 0.15) is 11.5 Å². The molecule has 3 aromatic carbocycles. The van der Waals surface area contributed by atoms with E-state index in [0.29, 0.717) is 5.75 Å². The smallest absolute Gasteiger partial charge is 0.276 e. The number of benzene rings is 3. The summed E-state index contributed by atoms with van der Waals surface area (Å²) in [6, 6.07) is 16.6. The van der Waals surface area contributed by atoms with Crippen LogP contribution in [0.15, 0.2) is 65.1 Å². The molecule has 0 aromatic heterocycles. The number of non-ortho nitro benzene ring substituents is 1. The number of nitro benzene ring substituents is 1. The van der Waals surface area contributed by atoms with E-state index in [0.717, 1.165) is 15.2 Å². The quantitative estimate of drug-likeness (QED) is 0.240. The number of nitrogens with zero attached hydrogens (tertiary/aromatic N) is 1. The first-order valence-electron chi connectivity index (χ1n) is 9.39. The second-order valence-electron chi connectivity index (χ2n) is 6.48. The lowest BCUT2D eigenvalue weighted by molar-refractivity contribution is -0.384. The summed E-state index contributed by atoms with van der Waals surface area (Å²) in [5.74, 6) is -0.326. The summed E-state index contributed by atoms with van der Waals surface area (Å²) in [7, 11) is 0. The van der Waals surface area contributed by atoms with Crippen molar-refractivity contribution in [3.05, 3.63) is 75.3 Å². The van der Waals surface area contributed by atoms with Crippen LogP contribution in [0.3, 0.4) is 0 Å². The van der Waals surface area contributed by atoms with Gasteiger partial charge in [0.15, 0.2) is 18.3 Å². The Morgan fingerprint density at radius 1 is 0.939 bits per heavy atom. The van der Waals surface area contributed by atoms with E-state index in [9.17, 15) is 19.7 Å². The van der Waals surface area contributed by atoms with Crippen LogP contribution >= 0.6 is 28.1 Å². The maximum absolute atomic E-state index is 12.0. The van der Waals surface area contributed by atoms with Crippen LogP contribution in [0.1, 0.15) is 0 Å². The van der Waals surface area contributed by atoms with Crippen LogP contribution in [-0.4, -0.2) is 35.1 Å². The maximum atomic E-state index is 12.0. The molecule has 170 valence electrons. The van der Waals surface area contributed by atoms with Crippen molar-refractivity contribution in [2.45, 2.75) is 0 Å². The highest BCUT2D eigenvalue weighted by atomic mass is 79.9. The highest BCUT2D eigenvalue weighted by Gasteiger charge is 2.11. The van der Waals surface area contributed by atoms with E-state index in [4.69, 9.17) is 21.7 Å². The number of ether oxygens (including phenoxy) is 2. The van der Waals surface area contributed by atoms with E-state index < -0.39 is 16.7 Å². The van der Waals surface area contributed by atoms with Gasteiger partial charge in [0.05, 0.1) is 9.40 Å². The molecule has 0 radical (unpaired) electrons. The molecule has 0 aliphatic carbocycles. The average molecular weight is 533 g/mol. The van der Waals surface area contributed by atoms with E-state index in [1.165, 1.54) is 24.3 Å². The topological polar surface area (TPSA) is 132 Å². The molecule has 2 amide bonds. The Labute approximate surface area is 201 Å². The van der Waals surface area contributed by atoms with Gasteiger partial charge in [-0.3, -0.25) is 35.9 Å². The first kappa shape index (κ1) is 23.9. The van der Waals surface area contributed by atoms with Gasteiger partial charge >= 0.3 is 0 Å². The molecule has 12 heteroatoms. The fourth-order valence-electron chi connectivity index (χ4n) is 2.64. The van der Waals surface area contributed by atoms with Crippen LogP contribution in [-0.2, 0) is 9.59 Å². The molecular weight excluding hydrogens is 516 g/mol. The number of carbonyl (C=O) groups is 2. The van der Waals surface area contributed by atoms with E-state index in [-0.39, 0.29) is 29.8 Å². The molecule has 0 atom stereocenters. The number of nitrogens with one attached hydrogen (secondary N) is 3. The van der Waals surface area contributed by atoms with E-state index in [1.54, 1.807) is 6.07 Å². The third-order valence-corrected chi connectivity index (χ3v) is 5.19. The monoisotopic (exact) mass is 532 g/mol. The number of thiocarbonyl (C=S) groups is 1. The third-order valence-electron chi connectivity index (χ3n) is 4.17. The second-order valence-corrected chi connectivity index (χ2v) is 7.68. The molecule has 3 N–H and O–H groups in total. The second kappa shape index (κ2) is 11.2. The largest absolute Gasteiger partial charge is 0.484 e. The van der Waals surface area contributed by atoms with Gasteiger partial charge in [0.2, 0.25) is 0 Å². The molecule has 10 nitrogen and oxygen atoms in total. The zero-order valence-electron chi connectivity index (χ0n) is 16.9. The zero-order chi connectivity index (χ0) is 23.8. The summed E-state index contributed by atoms with van der Waals surface area (Å²) in [6.07, 6.45) is 0. The van der Waals surface area contributed by atoms with Gasteiger partial charge < -0.3 is 9.47 Å². The minimum Gasteiger partial charge on any atom is -0.484 e. The van der Waals surface area contributed by atoms with Crippen LogP contribution < -0.4 is 25.6 Å². The van der Waals surface area contributed by atoms with Crippen LogP contribution in [0.25, 0.3) is 10.8 Å². The molecule has 0 aliphatic rings. The van der Waals surface area contributed by atoms with Crippen LogP contribution in [0.5, 0.6) is 11.5 Å². The van der Waals surface area contributed by atoms with Crippen molar-refractivity contribution in [3.63, 3.8) is 0 Å². The predicted octanol–water partition coefficient (Wildman–Crippen LogP) is 2.99. The Kier molecular flexibility index (Phi) is 8.11. The van der Waals surface area contributed by atoms with Gasteiger partial charge in [0.25, 0.3) is 17.5 Å². The number of amides is 2. The lowest BCUT2D eigenvalue weighted by Gasteiger charge is -2.13. The van der Waals surface area contributed by atoms with Gasteiger partial charge in [-0.25, -0.2) is 0 Å². The molecule has 0 aliphatic heterocycles. The highest BCUT2D eigenvalue weighted by molar-refractivity contribution is 9.10. The summed E-state index contributed by atoms with van der Waals surface area (Å²) < 4.78 is 11.5. The normalized spacial score (nSPS) is 10.2. The first-order chi connectivity index (χ1) is 15.8. The van der Waals surface area contributed by atoms with Crippen molar-refractivity contribution in [2.75, 3.05) is 13.2 Å². The van der Waals surface area contributed by atoms with Crippen LogP contribution in [0.4, 0.5) is 5.69 Å². The fraction of sp³-hybridized carbons (Fsp3) is 0.0952. The Morgan fingerprint density at radius 2 is 1.64 bits per heavy atom. The molecule has 3 aromatic rings. The van der Waals surface area contributed by atoms with Crippen molar-refractivity contribution < 1.29 is 24.0 Å². The molecule has 0 fully saturated rings. The number of carbonyl (C=O) groups excluding carboxylic acids is 2. The molecular formula is C21H17BrN4O6S. The summed E-state index contributed by atoms with van der Waals surface area (Å²) in [5, 5.41) is 14.8. The van der Waals surface area contributed by atoms with Gasteiger partial charge in [-0.1, -0.05) is 30.3 Å². The summed E-state index contributed by atoms with van der Waals surface area (Å²) in [4.78, 5) is 34.0. The number of hydrogen-bond acceptors (Lipinski definition) is 7. The Morgan fingerprint density at radius 3 is 2.36 bits per heavy atom. The lowest BCUT2D eigenvalue weighted by Crippen LogP contribution is -2.50. The minimum absolute atomic E-state index is 0.0927. The molecule has 33 heavy (non-hydrogen) atoms. The predicted molar refractivity (Wildman–Crippen MR) is 128 cm³/mol. The van der Waals surface area contributed by atoms with Gasteiger partial charge in [-0.05, 0) is 57.1 Å². The molecule has 3 rings (SSSR count). The lowest BCUT2D eigenvalue weighted by atomic mass is 10.1. The van der Waals surface area contributed by atoms with Crippen molar-refractivity contribution in [3.8, 4) is 11.5 Å². The number of fused-ring (bicyclic) bond motifs is 1. The average Bonchev–Trinajstić information content (AvgIpc) is 2.81. The Balaban J connectivity index is 1.38. The summed E-state index contributed by atoms with van der Waals surface area (Å²) >= 11 is 8.42. The number of rotatable bonds is 7. The summed E-state index contributed by atoms with van der Waals surface area (Å²) in [6.45, 7) is -0.670. The van der Waals surface area contributed by atoms with Gasteiger partial charge in [-0.2, -0.15) is 0 Å². The number of hydrogen-bond donors (Lipinski definition) is 3. The first-order valence-corrected chi connectivity index (χ1v) is 10.6. The number of halogens is 1. The minimum atomic E-state index is -0.587. The fourth-order valence-corrected chi connectivity index (χ4v) is 3.41. The molecule has 0 unspecified atom stereocenters. The molecule has 0 heterocycles. The number of nitro groups is 1. The highest BCUT2D eigenvalue weighted by Crippen LogP contribution is 2.32. The summed E-state index contributed by atoms with van der Waals surface area (Å²) in [5.41, 5.74) is 4.61. The molecule has 0 spiro atoms. The SMILES string of the molecule is O=C(COc1ccc2ccccc2c1Br)NNC(=S)NC(=O)COc1ccc([N+](=O)[O-])cc1. The zero-order valence-corrected chi connectivity index (χ0v) is 19.3. The van der Waals surface area contributed by atoms with E-state index in [2.05, 4.69) is 32.1 Å². The standard InChI is InChI=1S/C21H17BrN4O6S/c22-20-16-4-2-1-3-13(16)5-10-17(20)32-12-19(28)24-25-21(33)23-18(27)11-31-15-8-6-14(7-9-15)26(29)30/h1-10H,11-12H2,(H,24,28)(H2,23,25,27,33). The van der Waals surface area contributed by atoms with Crippen molar-refractivity contribution in [1.29, 1.82) is 0 Å². The Bertz CT molecular complexity index is 1210. The third kappa shape index (κ3) is 6.85. The molecule has 0 saturated carbocycles. The van der Waals surface area contributed by atoms with Crippen LogP contribution in [0.2, 0.25) is 0 Å². The van der Waals surface area contributed by atoms with Crippen molar-refractivity contribution >= 4 is 61.5 Å². The number of hydrazine groups is 1. The van der Waals surface area contributed by atoms with Gasteiger partial charge in [-0.15, -0.1) is 0 Å². The van der Waals surface area contributed by atoms with E-state index in [1.807, 2.05) is 30.3 Å². The van der Waals surface area contributed by atoms with Gasteiger partial charge in [0, 0.05) is 12.1 Å². The van der Waals surface area contributed by atoms with Crippen molar-refractivity contribution in [1.82, 2.24) is 16.2 Å². The van der Waals surface area contributed by atoms with Crippen molar-refractivity contribution in [2.24, 2.45) is 0 Å². The van der Waals surface area contributed by atoms with Crippen LogP contribution in [0, 0.1) is 10.1 Å².